The van der Waals surface area contributed by atoms with Crippen LogP contribution in [0.25, 0.3) is 10.8 Å². The average molecular weight is 967 g/mol. The number of nitrogens with two attached hydrogens (primary N) is 2. The number of fused-ring (bicyclic) bond motifs is 1. The van der Waals surface area contributed by atoms with Crippen LogP contribution < -0.4 is 21.1 Å². The molecule has 340 valence electrons. The molecular weight excluding hydrogens is 929 g/mol. The number of aromatic hydroxyl groups is 1. The SMILES string of the molecule is CCN(CC)c1ccc(N=Nc2ccc(NS(=O)(=O)c3ccc(N=Nc4c(S(=O)(=O)O)cc5cc(S(=O)(=O)O)c(N=Nc6ccc(C)cc6S(=O)(=O)O)c(O)c5c4N)cc3)cc2)c(N)c1. The van der Waals surface area contributed by atoms with Crippen LogP contribution in [0.1, 0.15) is 19.4 Å². The van der Waals surface area contributed by atoms with Gasteiger partial charge in [0, 0.05) is 24.5 Å². The van der Waals surface area contributed by atoms with Gasteiger partial charge in [0.15, 0.2) is 5.75 Å². The van der Waals surface area contributed by atoms with Crippen molar-refractivity contribution in [2.24, 2.45) is 30.7 Å². The average Bonchev–Trinajstić information content (AvgIpc) is 3.22. The third-order valence-corrected chi connectivity index (χ3v) is 13.5. The van der Waals surface area contributed by atoms with Crippen LogP contribution in [0.3, 0.4) is 0 Å². The molecule has 0 fully saturated rings. The predicted octanol–water partition coefficient (Wildman–Crippen LogP) is 8.65. The van der Waals surface area contributed by atoms with Crippen molar-refractivity contribution in [1.82, 2.24) is 0 Å². The van der Waals surface area contributed by atoms with E-state index in [0.29, 0.717) is 34.8 Å². The summed E-state index contributed by atoms with van der Waals surface area (Å²) in [6.07, 6.45) is 0. The largest absolute Gasteiger partial charge is 0.505 e. The number of rotatable bonds is 15. The van der Waals surface area contributed by atoms with Crippen molar-refractivity contribution in [3.63, 3.8) is 0 Å². The van der Waals surface area contributed by atoms with E-state index < -0.39 is 94.3 Å². The number of nitrogens with zero attached hydrogens (tertiary/aromatic N) is 7. The lowest BCUT2D eigenvalue weighted by Crippen LogP contribution is -2.21. The Morgan fingerprint density at radius 2 is 1.09 bits per heavy atom. The summed E-state index contributed by atoms with van der Waals surface area (Å²) in [5, 5.41) is 33.8. The maximum absolute atomic E-state index is 13.3. The first-order valence-corrected chi connectivity index (χ1v) is 24.5. The molecule has 0 unspecified atom stereocenters. The van der Waals surface area contributed by atoms with Crippen LogP contribution in [0.4, 0.5) is 56.9 Å². The molecule has 0 aliphatic rings. The smallest absolute Gasteiger partial charge is 0.296 e. The lowest BCUT2D eigenvalue weighted by molar-refractivity contribution is 0.472. The third kappa shape index (κ3) is 10.7. The molecule has 6 aromatic carbocycles. The molecule has 6 rings (SSSR count). The number of nitrogen functional groups attached to an aromatic ring is 2. The molecule has 9 N–H and O–H groups in total. The van der Waals surface area contributed by atoms with Crippen LogP contribution in [-0.2, 0) is 40.4 Å². The molecule has 0 aliphatic heterocycles. The van der Waals surface area contributed by atoms with Gasteiger partial charge in [-0.25, -0.2) is 8.42 Å². The molecule has 22 nitrogen and oxygen atoms in total. The molecule has 6 aromatic rings. The fraction of sp³-hybridized carbons (Fsp3) is 0.128. The zero-order valence-electron chi connectivity index (χ0n) is 34.1. The van der Waals surface area contributed by atoms with E-state index in [0.717, 1.165) is 43.0 Å². The van der Waals surface area contributed by atoms with Gasteiger partial charge in [-0.3, -0.25) is 18.4 Å². The first kappa shape index (κ1) is 47.5. The van der Waals surface area contributed by atoms with Gasteiger partial charge in [0.1, 0.15) is 37.4 Å². The summed E-state index contributed by atoms with van der Waals surface area (Å²) < 4.78 is 133. The van der Waals surface area contributed by atoms with E-state index in [1.165, 1.54) is 49.4 Å². The molecule has 0 aliphatic carbocycles. The molecule has 0 radical (unpaired) electrons. The minimum Gasteiger partial charge on any atom is -0.505 e. The van der Waals surface area contributed by atoms with Gasteiger partial charge in [-0.05, 0) is 123 Å². The summed E-state index contributed by atoms with van der Waals surface area (Å²) in [5.74, 6) is -1.13. The molecular formula is C39H38N10O12S4. The minimum absolute atomic E-state index is 0.0593. The van der Waals surface area contributed by atoms with Gasteiger partial charge >= 0.3 is 0 Å². The number of phenolic OH excluding ortho intramolecular Hbond substituents is 1. The van der Waals surface area contributed by atoms with Gasteiger partial charge in [0.25, 0.3) is 40.4 Å². The molecule has 0 aromatic heterocycles. The Labute approximate surface area is 372 Å². The number of phenols is 1. The second-order valence-electron chi connectivity index (χ2n) is 13.9. The minimum atomic E-state index is -5.30. The first-order valence-electron chi connectivity index (χ1n) is 18.7. The van der Waals surface area contributed by atoms with Crippen LogP contribution in [-0.4, -0.2) is 65.5 Å². The van der Waals surface area contributed by atoms with Gasteiger partial charge < -0.3 is 21.5 Å². The lowest BCUT2D eigenvalue weighted by Gasteiger charge is -2.21. The zero-order chi connectivity index (χ0) is 47.6. The van der Waals surface area contributed by atoms with Crippen molar-refractivity contribution in [2.75, 3.05) is 34.2 Å². The maximum atomic E-state index is 13.3. The summed E-state index contributed by atoms with van der Waals surface area (Å²) in [6.45, 7) is 7.19. The van der Waals surface area contributed by atoms with Gasteiger partial charge in [0.2, 0.25) is 0 Å². The van der Waals surface area contributed by atoms with E-state index >= 15 is 0 Å². The van der Waals surface area contributed by atoms with Crippen molar-refractivity contribution < 1.29 is 52.4 Å². The predicted molar refractivity (Wildman–Crippen MR) is 241 cm³/mol. The van der Waals surface area contributed by atoms with E-state index in [4.69, 9.17) is 11.5 Å². The molecule has 26 heteroatoms. The number of hydrogen-bond acceptors (Lipinski definition) is 18. The lowest BCUT2D eigenvalue weighted by atomic mass is 10.1. The van der Waals surface area contributed by atoms with E-state index in [9.17, 15) is 52.4 Å². The second-order valence-corrected chi connectivity index (χ2v) is 19.7. The van der Waals surface area contributed by atoms with Crippen molar-refractivity contribution in [3.05, 3.63) is 103 Å². The summed E-state index contributed by atoms with van der Waals surface area (Å²) in [6, 6.07) is 21.0. The van der Waals surface area contributed by atoms with Crippen molar-refractivity contribution >= 4 is 108 Å². The molecule has 0 spiro atoms. The third-order valence-electron chi connectivity index (χ3n) is 9.47. The Kier molecular flexibility index (Phi) is 13.4. The van der Waals surface area contributed by atoms with E-state index in [2.05, 4.69) is 40.3 Å². The molecule has 65 heavy (non-hydrogen) atoms. The quantitative estimate of drug-likeness (QED) is 0.0287. The van der Waals surface area contributed by atoms with Gasteiger partial charge in [0.05, 0.1) is 33.0 Å². The Balaban J connectivity index is 1.28. The summed E-state index contributed by atoms with van der Waals surface area (Å²) >= 11 is 0. The molecule has 0 bridgehead atoms. The van der Waals surface area contributed by atoms with Gasteiger partial charge in [-0.15, -0.1) is 20.5 Å². The van der Waals surface area contributed by atoms with Crippen LogP contribution >= 0.6 is 0 Å². The number of benzene rings is 6. The molecule has 0 atom stereocenters. The highest BCUT2D eigenvalue weighted by Crippen LogP contribution is 2.48. The summed E-state index contributed by atoms with van der Waals surface area (Å²) in [7, 11) is -19.6. The Morgan fingerprint density at radius 1 is 0.585 bits per heavy atom. The van der Waals surface area contributed by atoms with E-state index in [1.807, 2.05) is 26.0 Å². The van der Waals surface area contributed by atoms with Crippen LogP contribution in [0.5, 0.6) is 5.75 Å². The van der Waals surface area contributed by atoms with E-state index in [-0.39, 0.29) is 16.3 Å². The first-order chi connectivity index (χ1) is 30.4. The monoisotopic (exact) mass is 966 g/mol. The Hall–Kier alpha value is -6.94. The van der Waals surface area contributed by atoms with Gasteiger partial charge in [-0.1, -0.05) is 6.07 Å². The fourth-order valence-electron chi connectivity index (χ4n) is 6.26. The standard InChI is InChI=1S/C39H38N10O12S4/c1-4-49(5-2)27-13-17-30(29(40)21-27)44-42-24-7-9-26(10-8-24)48-62(51,52)28-14-11-25(12-15-28)43-46-37-33(64(56,57)58)19-23-20-34(65(59,60)61)38(39(50)35(23)36(37)41)47-45-31-16-6-22(3)18-32(31)63(53,54)55/h6-21,48,50H,4-5,40-41H2,1-3H3,(H,53,54,55)(H,56,57,58)(H,59,60,61). The highest BCUT2D eigenvalue weighted by molar-refractivity contribution is 7.92. The topological polar surface area (TPSA) is 359 Å². The number of azo groups is 3. The normalized spacial score (nSPS) is 12.8. The van der Waals surface area contributed by atoms with Crippen molar-refractivity contribution in [1.29, 1.82) is 0 Å². The number of hydrogen-bond donors (Lipinski definition) is 7. The van der Waals surface area contributed by atoms with Gasteiger partial charge in [-0.2, -0.15) is 35.5 Å². The van der Waals surface area contributed by atoms with Crippen LogP contribution in [0.2, 0.25) is 0 Å². The van der Waals surface area contributed by atoms with Crippen molar-refractivity contribution in [2.45, 2.75) is 40.4 Å². The van der Waals surface area contributed by atoms with Crippen LogP contribution in [0.15, 0.2) is 147 Å². The fourth-order valence-corrected chi connectivity index (χ4v) is 9.35. The highest BCUT2D eigenvalue weighted by Gasteiger charge is 2.28. The number of sulfonamides is 1. The maximum Gasteiger partial charge on any atom is 0.296 e. The number of anilines is 4. The highest BCUT2D eigenvalue weighted by atomic mass is 32.2. The molecule has 0 saturated carbocycles. The summed E-state index contributed by atoms with van der Waals surface area (Å²) in [4.78, 5) is -0.994. The molecule has 0 saturated heterocycles. The summed E-state index contributed by atoms with van der Waals surface area (Å²) in [5.41, 5.74) is 12.2. The number of nitrogens with one attached hydrogen (secondary N) is 1. The Morgan fingerprint density at radius 3 is 1.65 bits per heavy atom. The van der Waals surface area contributed by atoms with E-state index in [1.54, 1.807) is 6.07 Å². The van der Waals surface area contributed by atoms with Crippen molar-refractivity contribution in [3.8, 4) is 5.75 Å². The second kappa shape index (κ2) is 18.3. The van der Waals surface area contributed by atoms with Crippen LogP contribution in [0, 0.1) is 6.92 Å². The molecule has 0 amide bonds. The molecule has 0 heterocycles. The zero-order valence-corrected chi connectivity index (χ0v) is 37.4. The number of aryl methyl sites for hydroxylation is 1. The Bertz CT molecular complexity index is 3400.